The zero-order valence-electron chi connectivity index (χ0n) is 60.6. The van der Waals surface area contributed by atoms with Crippen molar-refractivity contribution >= 4 is 19.7 Å². The topological polar surface area (TPSA) is 111 Å². The summed E-state index contributed by atoms with van der Waals surface area (Å²) >= 11 is 0. The maximum atomic E-state index is 13.7. The number of ether oxygens (including phenoxy) is 1. The van der Waals surface area contributed by atoms with Crippen LogP contribution in [0.4, 0.5) is 0 Å². The van der Waals surface area contributed by atoms with E-state index in [4.69, 9.17) is 13.8 Å². The van der Waals surface area contributed by atoms with Crippen molar-refractivity contribution in [2.24, 2.45) is 0 Å². The van der Waals surface area contributed by atoms with Gasteiger partial charge in [-0.05, 0) is 109 Å². The molecule has 0 aromatic rings. The number of allylic oxidation sites excluding steroid dienone is 15. The van der Waals surface area contributed by atoms with E-state index in [1.165, 1.54) is 225 Å². The first-order valence-electron chi connectivity index (χ1n) is 38.6. The third kappa shape index (κ3) is 71.1. The molecule has 9 nitrogen and oxygen atoms in total. The number of phosphoric acid groups is 1. The van der Waals surface area contributed by atoms with Crippen molar-refractivity contribution in [2.45, 2.75) is 367 Å². The Labute approximate surface area is 564 Å². The molecule has 10 heteroatoms. The Morgan fingerprint density at radius 1 is 0.396 bits per heavy atom. The number of unbranched alkanes of at least 4 members (excludes halogenated alkanes) is 40. The zero-order chi connectivity index (χ0) is 66.3. The van der Waals surface area contributed by atoms with E-state index in [0.29, 0.717) is 17.4 Å². The maximum Gasteiger partial charge on any atom is 0.472 e. The van der Waals surface area contributed by atoms with Crippen LogP contribution in [0.25, 0.3) is 0 Å². The normalized spacial score (nSPS) is 14.0. The quantitative estimate of drug-likeness (QED) is 0.0205. The molecule has 91 heavy (non-hydrogen) atoms. The summed E-state index contributed by atoms with van der Waals surface area (Å²) < 4.78 is 30.9. The van der Waals surface area contributed by atoms with Crippen LogP contribution in [-0.2, 0) is 27.9 Å². The Bertz CT molecular complexity index is 1880. The molecule has 0 aliphatic rings. The molecule has 3 atom stereocenters. The first kappa shape index (κ1) is 87.9. The van der Waals surface area contributed by atoms with Gasteiger partial charge in [-0.2, -0.15) is 0 Å². The van der Waals surface area contributed by atoms with E-state index < -0.39 is 20.0 Å². The Morgan fingerprint density at radius 2 is 0.703 bits per heavy atom. The molecule has 0 saturated heterocycles. The van der Waals surface area contributed by atoms with Crippen LogP contribution in [0.2, 0.25) is 0 Å². The minimum atomic E-state index is -4.46. The van der Waals surface area contributed by atoms with Gasteiger partial charge in [-0.3, -0.25) is 18.6 Å². The average Bonchev–Trinajstić information content (AvgIpc) is 3.45. The van der Waals surface area contributed by atoms with Gasteiger partial charge in [0.15, 0.2) is 0 Å². The molecule has 0 bridgehead atoms. The fourth-order valence-electron chi connectivity index (χ4n) is 11.1. The van der Waals surface area contributed by atoms with Crippen molar-refractivity contribution in [1.82, 2.24) is 5.32 Å². The van der Waals surface area contributed by atoms with Crippen LogP contribution in [0.5, 0.6) is 0 Å². The van der Waals surface area contributed by atoms with Crippen LogP contribution in [0.1, 0.15) is 355 Å². The van der Waals surface area contributed by atoms with Crippen molar-refractivity contribution in [2.75, 3.05) is 40.9 Å². The van der Waals surface area contributed by atoms with Gasteiger partial charge in [-0.15, -0.1) is 0 Å². The van der Waals surface area contributed by atoms with E-state index in [2.05, 4.69) is 111 Å². The van der Waals surface area contributed by atoms with Gasteiger partial charge in [0.1, 0.15) is 19.3 Å². The number of rotatable bonds is 70. The summed E-state index contributed by atoms with van der Waals surface area (Å²) in [5.41, 5.74) is 0. The molecule has 0 saturated carbocycles. The highest BCUT2D eigenvalue weighted by atomic mass is 31.2. The highest BCUT2D eigenvalue weighted by Gasteiger charge is 2.30. The second-order valence-corrected chi connectivity index (χ2v) is 28.6. The van der Waals surface area contributed by atoms with Gasteiger partial charge in [0.05, 0.1) is 33.8 Å². The summed E-state index contributed by atoms with van der Waals surface area (Å²) in [6.07, 6.45) is 95.7. The molecule has 0 spiro atoms. The molecule has 0 heterocycles. The van der Waals surface area contributed by atoms with E-state index in [0.717, 1.165) is 96.3 Å². The number of quaternary nitrogens is 1. The van der Waals surface area contributed by atoms with Gasteiger partial charge in [-0.25, -0.2) is 4.57 Å². The molecule has 0 radical (unpaired) electrons. The molecular weight excluding hydrogens is 1140 g/mol. The van der Waals surface area contributed by atoms with Crippen LogP contribution in [0, 0.1) is 0 Å². The van der Waals surface area contributed by atoms with Crippen molar-refractivity contribution in [3.8, 4) is 0 Å². The third-order valence-corrected chi connectivity index (χ3v) is 18.0. The fourth-order valence-corrected chi connectivity index (χ4v) is 11.9. The molecule has 528 valence electrons. The van der Waals surface area contributed by atoms with E-state index in [1.807, 2.05) is 33.3 Å². The predicted octanol–water partition coefficient (Wildman–Crippen LogP) is 25.0. The summed E-state index contributed by atoms with van der Waals surface area (Å²) in [6, 6.07) is -0.856. The fraction of sp³-hybridized carbons (Fsp3) is 0.778. The Balaban J connectivity index is 5.01. The monoisotopic (exact) mass is 1290 g/mol. The number of nitrogens with one attached hydrogen (secondary N) is 1. The second kappa shape index (κ2) is 69.8. The van der Waals surface area contributed by atoms with Gasteiger partial charge in [0.2, 0.25) is 5.91 Å². The molecule has 0 aliphatic heterocycles. The molecule has 0 rings (SSSR count). The van der Waals surface area contributed by atoms with Crippen LogP contribution in [-0.4, -0.2) is 74.3 Å². The number of likely N-dealkylation sites (N-methyl/N-ethyl adjacent to an activating group) is 1. The number of esters is 1. The molecule has 3 unspecified atom stereocenters. The lowest BCUT2D eigenvalue weighted by Crippen LogP contribution is -2.47. The molecule has 0 aliphatic carbocycles. The summed E-state index contributed by atoms with van der Waals surface area (Å²) in [7, 11) is 1.50. The average molecular weight is 1290 g/mol. The number of carbonyl (C=O) groups excluding carboxylic acids is 2. The highest BCUT2D eigenvalue weighted by Crippen LogP contribution is 2.43. The minimum Gasteiger partial charge on any atom is -0.456 e. The lowest BCUT2D eigenvalue weighted by molar-refractivity contribution is -0.870. The largest absolute Gasteiger partial charge is 0.472 e. The number of hydrogen-bond donors (Lipinski definition) is 2. The van der Waals surface area contributed by atoms with Crippen molar-refractivity contribution in [3.05, 3.63) is 97.2 Å². The molecule has 2 N–H and O–H groups in total. The molecule has 0 aromatic carbocycles. The van der Waals surface area contributed by atoms with Gasteiger partial charge in [0.25, 0.3) is 0 Å². The van der Waals surface area contributed by atoms with E-state index in [1.54, 1.807) is 0 Å². The van der Waals surface area contributed by atoms with Crippen LogP contribution in [0.15, 0.2) is 97.2 Å². The molecule has 0 fully saturated rings. The van der Waals surface area contributed by atoms with Gasteiger partial charge in [-0.1, -0.05) is 330 Å². The van der Waals surface area contributed by atoms with E-state index >= 15 is 0 Å². The summed E-state index contributed by atoms with van der Waals surface area (Å²) in [5.74, 6) is -0.498. The third-order valence-electron chi connectivity index (χ3n) is 17.0. The zero-order valence-corrected chi connectivity index (χ0v) is 61.5. The minimum absolute atomic E-state index is 0.0375. The van der Waals surface area contributed by atoms with Crippen LogP contribution in [0.3, 0.4) is 0 Å². The smallest absolute Gasteiger partial charge is 0.456 e. The molecule has 0 aromatic heterocycles. The standard InChI is InChI=1S/C81H147N2O7P/c1-7-10-13-16-19-22-25-28-30-32-34-36-38-40-41-43-44-46-48-50-52-55-58-61-64-67-70-73-80(84)82-78(77-89-91(86,87)88-76-75-83(4,5)6)79(72-69-66-63-60-57-54-27-24-21-18-15-12-9-3)90-81(85)74-71-68-65-62-59-56-53-51-49-47-45-42-39-37-35-33-31-29-26-23-20-17-14-11-8-2/h10,13,19-20,22-23,28-31,34,36,40-41,69,72,78-79H,7-9,11-12,14-18,21,24-27,32-33,35,37-39,42-68,70-71,73-77H2,1-6H3,(H-,82,84,86,87)/p+1/b13-10-,22-19-,23-20-,30-28-,31-29-,36-34-,41-40-,72-69+. The predicted molar refractivity (Wildman–Crippen MR) is 397 cm³/mol. The summed E-state index contributed by atoms with van der Waals surface area (Å²) in [6.45, 7) is 6.92. The van der Waals surface area contributed by atoms with Gasteiger partial charge >= 0.3 is 13.8 Å². The SMILES string of the molecule is CC/C=C\C/C=C\C/C=C\C/C=C\C/C=C\CCCCCCCCCCCCCC(=O)NC(COP(=O)(O)OCC[N+](C)(C)C)C(/C=C/CCCCCCCCCCCCC)OC(=O)CCCCCCCCCCCCCCCCC/C=C\C/C=C\CCCCC. The number of carbonyl (C=O) groups is 2. The lowest BCUT2D eigenvalue weighted by Gasteiger charge is -2.27. The van der Waals surface area contributed by atoms with E-state index in [-0.39, 0.29) is 31.5 Å². The molecule has 1 amide bonds. The second-order valence-electron chi connectivity index (χ2n) is 27.1. The number of hydrogen-bond acceptors (Lipinski definition) is 6. The number of nitrogens with zero attached hydrogens (tertiary/aromatic N) is 1. The van der Waals surface area contributed by atoms with Gasteiger partial charge in [0, 0.05) is 12.8 Å². The summed E-state index contributed by atoms with van der Waals surface area (Å²) in [5, 5.41) is 3.08. The Morgan fingerprint density at radius 3 is 1.08 bits per heavy atom. The number of amides is 1. The van der Waals surface area contributed by atoms with Crippen molar-refractivity contribution in [1.29, 1.82) is 0 Å². The van der Waals surface area contributed by atoms with Gasteiger partial charge < -0.3 is 19.4 Å². The van der Waals surface area contributed by atoms with Crippen LogP contribution < -0.4 is 5.32 Å². The molecular formula is C81H148N2O7P+. The first-order chi connectivity index (χ1) is 44.4. The lowest BCUT2D eigenvalue weighted by atomic mass is 10.0. The Kier molecular flexibility index (Phi) is 67.4. The van der Waals surface area contributed by atoms with E-state index in [9.17, 15) is 19.0 Å². The highest BCUT2D eigenvalue weighted by molar-refractivity contribution is 7.47. The first-order valence-corrected chi connectivity index (χ1v) is 40.1. The van der Waals surface area contributed by atoms with Crippen LogP contribution >= 0.6 is 7.82 Å². The summed E-state index contributed by atoms with van der Waals surface area (Å²) in [4.78, 5) is 38.0. The van der Waals surface area contributed by atoms with Crippen molar-refractivity contribution < 1.29 is 37.3 Å². The van der Waals surface area contributed by atoms with Crippen molar-refractivity contribution in [3.63, 3.8) is 0 Å². The maximum absolute atomic E-state index is 13.7. The number of phosphoric ester groups is 1. The Hall–Kier alpha value is -3.07.